The van der Waals surface area contributed by atoms with Gasteiger partial charge in [0.25, 0.3) is 0 Å². The Bertz CT molecular complexity index is 8.00. The molecular formula is C3H9N. The highest BCUT2D eigenvalue weighted by atomic mass is 15.8. The van der Waals surface area contributed by atoms with Crippen LogP contribution >= 0.6 is 0 Å². The maximum absolute atomic E-state index is 2.00. The van der Waals surface area contributed by atoms with Crippen LogP contribution in [0.5, 0.6) is 0 Å². The highest BCUT2D eigenvalue weighted by molar-refractivity contribution is 4.09. The molecule has 0 aromatic rings. The molecule has 0 fully saturated rings. The third-order valence-electron chi connectivity index (χ3n) is 0. The van der Waals surface area contributed by atoms with Gasteiger partial charge in [0.05, 0.1) is 0 Å². The highest BCUT2D eigenvalue weighted by Crippen LogP contribution is 1.47. The van der Waals surface area contributed by atoms with Crippen LogP contribution in [0.2, 0.25) is 0 Å². The number of hydrogen-bond donors (Lipinski definition) is 0. The first-order chi connectivity index (χ1) is 1.73. The van der Waals surface area contributed by atoms with E-state index in [1.165, 1.54) is 0 Å². The first-order valence-electron chi connectivity index (χ1n) is 1.34. The standard InChI is InChI=1S/C3H9N/c1-4(2)3/h1-3H3/i4+1. The Morgan fingerprint density at radius 1 is 1.00 bits per heavy atom. The third-order valence-corrected chi connectivity index (χ3v) is 0. The summed E-state index contributed by atoms with van der Waals surface area (Å²) < 4.78 is 0. The molecule has 0 atom stereocenters. The summed E-state index contributed by atoms with van der Waals surface area (Å²) in [6.07, 6.45) is 0. The molecule has 4 heavy (non-hydrogen) atoms. The number of rotatable bonds is 0. The molecule has 0 N–H and O–H groups in total. The fourth-order valence-corrected chi connectivity index (χ4v) is 0. The van der Waals surface area contributed by atoms with Crippen LogP contribution in [0.4, 0.5) is 0 Å². The first kappa shape index (κ1) is 3.96. The molecule has 0 aliphatic rings. The molecule has 0 aromatic carbocycles. The molecule has 0 bridgehead atoms. The van der Waals surface area contributed by atoms with Crippen molar-refractivity contribution in [3.05, 3.63) is 0 Å². The minimum Gasteiger partial charge on any atom is -0.312 e. The van der Waals surface area contributed by atoms with E-state index in [1.54, 1.807) is 0 Å². The zero-order valence-corrected chi connectivity index (χ0v) is 3.45. The van der Waals surface area contributed by atoms with Crippen LogP contribution in [-0.4, -0.2) is 26.0 Å². The smallest absolute Gasteiger partial charge is 0.0140 e. The lowest BCUT2D eigenvalue weighted by molar-refractivity contribution is 0.505. The minimum atomic E-state index is 2.00. The van der Waals surface area contributed by atoms with Crippen molar-refractivity contribution < 1.29 is 0 Å². The summed E-state index contributed by atoms with van der Waals surface area (Å²) in [7, 11) is 6.00. The third kappa shape index (κ3) is 1130. The van der Waals surface area contributed by atoms with Gasteiger partial charge in [0.2, 0.25) is 0 Å². The molecule has 0 saturated heterocycles. The molecule has 0 rings (SSSR count). The maximum atomic E-state index is 2.00. The largest absolute Gasteiger partial charge is 0.312 e. The minimum absolute atomic E-state index is 2.00. The summed E-state index contributed by atoms with van der Waals surface area (Å²) in [6, 6.07) is 0. The van der Waals surface area contributed by atoms with Gasteiger partial charge in [-0.3, -0.25) is 0 Å². The normalized spacial score (nSPS) is 9.00. The van der Waals surface area contributed by atoms with Crippen molar-refractivity contribution in [1.82, 2.24) is 4.90 Å². The molecule has 1 nitrogen and oxygen atoms in total. The molecule has 0 aromatic heterocycles. The van der Waals surface area contributed by atoms with E-state index in [0.717, 1.165) is 0 Å². The van der Waals surface area contributed by atoms with Gasteiger partial charge in [-0.1, -0.05) is 0 Å². The Labute approximate surface area is 27.2 Å². The Hall–Kier alpha value is -0.0400. The van der Waals surface area contributed by atoms with Crippen LogP contribution < -0.4 is 0 Å². The van der Waals surface area contributed by atoms with Crippen LogP contribution in [0.15, 0.2) is 0 Å². The van der Waals surface area contributed by atoms with Crippen molar-refractivity contribution in [2.24, 2.45) is 0 Å². The molecule has 0 aliphatic heterocycles. The van der Waals surface area contributed by atoms with Gasteiger partial charge in [-0.25, -0.2) is 0 Å². The van der Waals surface area contributed by atoms with E-state index >= 15 is 0 Å². The van der Waals surface area contributed by atoms with Crippen molar-refractivity contribution in [2.45, 2.75) is 0 Å². The van der Waals surface area contributed by atoms with Crippen LogP contribution in [0.3, 0.4) is 0 Å². The molecule has 1 heteroatoms. The predicted molar refractivity (Wildman–Crippen MR) is 19.6 cm³/mol. The quantitative estimate of drug-likeness (QED) is 0.360. The molecule has 0 unspecified atom stereocenters. The summed E-state index contributed by atoms with van der Waals surface area (Å²) in [5.74, 6) is 0. The average molecular weight is 60.1 g/mol. The zero-order chi connectivity index (χ0) is 3.58. The van der Waals surface area contributed by atoms with Crippen molar-refractivity contribution >= 4 is 0 Å². The van der Waals surface area contributed by atoms with Gasteiger partial charge in [0.1, 0.15) is 0 Å². The van der Waals surface area contributed by atoms with Crippen molar-refractivity contribution in [3.63, 3.8) is 0 Å². The van der Waals surface area contributed by atoms with E-state index in [0.29, 0.717) is 0 Å². The van der Waals surface area contributed by atoms with Gasteiger partial charge >= 0.3 is 0 Å². The summed E-state index contributed by atoms with van der Waals surface area (Å²) in [5, 5.41) is 0. The SMILES string of the molecule is C[15N](C)C. The van der Waals surface area contributed by atoms with E-state index in [4.69, 9.17) is 0 Å². The molecule has 0 radical (unpaired) electrons. The summed E-state index contributed by atoms with van der Waals surface area (Å²) in [6.45, 7) is 0. The maximum Gasteiger partial charge on any atom is -0.0140 e. The lowest BCUT2D eigenvalue weighted by Gasteiger charge is -1.90. The fourth-order valence-electron chi connectivity index (χ4n) is 0. The molecule has 26 valence electrons. The molecule has 0 spiro atoms. The van der Waals surface area contributed by atoms with E-state index < -0.39 is 0 Å². The molecule has 0 saturated carbocycles. The molecular weight excluding hydrogens is 51.0 g/mol. The Balaban J connectivity index is 2.32. The molecule has 0 amide bonds. The second kappa shape index (κ2) is 1.30. The van der Waals surface area contributed by atoms with Crippen molar-refractivity contribution in [2.75, 3.05) is 21.1 Å². The molecule has 0 aliphatic carbocycles. The second-order valence-corrected chi connectivity index (χ2v) is 1.34. The van der Waals surface area contributed by atoms with E-state index in [9.17, 15) is 0 Å². The van der Waals surface area contributed by atoms with E-state index in [1.807, 2.05) is 26.0 Å². The topological polar surface area (TPSA) is 3.24 Å². The number of nitrogens with zero attached hydrogens (tertiary/aromatic N) is 1. The van der Waals surface area contributed by atoms with Crippen LogP contribution in [0.1, 0.15) is 0 Å². The second-order valence-electron chi connectivity index (χ2n) is 1.34. The Morgan fingerprint density at radius 2 is 1.00 bits per heavy atom. The first-order valence-corrected chi connectivity index (χ1v) is 1.34. The van der Waals surface area contributed by atoms with Crippen LogP contribution in [-0.2, 0) is 0 Å². The number of hydrogen-bond acceptors (Lipinski definition) is 1. The van der Waals surface area contributed by atoms with E-state index in [2.05, 4.69) is 0 Å². The van der Waals surface area contributed by atoms with Gasteiger partial charge in [0.15, 0.2) is 0 Å². The van der Waals surface area contributed by atoms with Gasteiger partial charge in [-0.2, -0.15) is 0 Å². The van der Waals surface area contributed by atoms with E-state index in [-0.39, 0.29) is 0 Å². The highest BCUT2D eigenvalue weighted by Gasteiger charge is 1.58. The fraction of sp³-hybridized carbons (Fsp3) is 1.00. The molecule has 0 heterocycles. The average Bonchev–Trinajstić information content (AvgIpc) is 0.811. The van der Waals surface area contributed by atoms with Gasteiger partial charge < -0.3 is 4.90 Å². The monoisotopic (exact) mass is 60.1 g/mol. The Morgan fingerprint density at radius 3 is 1.00 bits per heavy atom. The van der Waals surface area contributed by atoms with Gasteiger partial charge in [-0.15, -0.1) is 0 Å². The zero-order valence-electron chi connectivity index (χ0n) is 3.45. The van der Waals surface area contributed by atoms with Gasteiger partial charge in [-0.05, 0) is 21.1 Å². The Kier molecular flexibility index (Phi) is 1.28. The van der Waals surface area contributed by atoms with Gasteiger partial charge in [0, 0.05) is 0 Å². The summed E-state index contributed by atoms with van der Waals surface area (Å²) in [4.78, 5) is 2.00. The summed E-state index contributed by atoms with van der Waals surface area (Å²) in [5.41, 5.74) is 0. The lowest BCUT2D eigenvalue weighted by atomic mass is 11.2. The van der Waals surface area contributed by atoms with Crippen LogP contribution in [0.25, 0.3) is 0 Å². The lowest BCUT2D eigenvalue weighted by Crippen LogP contribution is -1.99. The van der Waals surface area contributed by atoms with Crippen molar-refractivity contribution in [1.29, 1.82) is 0 Å². The van der Waals surface area contributed by atoms with Crippen LogP contribution in [0, 0.1) is 0 Å². The predicted octanol–water partition coefficient (Wildman–Crippen LogP) is 0.178. The van der Waals surface area contributed by atoms with Crippen molar-refractivity contribution in [3.8, 4) is 0 Å². The summed E-state index contributed by atoms with van der Waals surface area (Å²) >= 11 is 0.